The molecule has 0 saturated carbocycles. The summed E-state index contributed by atoms with van der Waals surface area (Å²) in [6.45, 7) is 5.38. The molecule has 0 aliphatic carbocycles. The Morgan fingerprint density at radius 1 is 0.880 bits per heavy atom. The van der Waals surface area contributed by atoms with Crippen LogP contribution < -0.4 is 0 Å². The molecule has 2 nitrogen and oxygen atoms in total. The quantitative estimate of drug-likeness (QED) is 0.581. The molecule has 2 heterocycles. The molecule has 3 aromatic rings. The van der Waals surface area contributed by atoms with Gasteiger partial charge in [-0.05, 0) is 67.0 Å². The molecule has 0 amide bonds. The second-order valence-corrected chi connectivity index (χ2v) is 6.82. The predicted molar refractivity (Wildman–Crippen MR) is 102 cm³/mol. The van der Waals surface area contributed by atoms with Gasteiger partial charge in [0.25, 0.3) is 0 Å². The first kappa shape index (κ1) is 15.7. The fourth-order valence-electron chi connectivity index (χ4n) is 3.28. The summed E-state index contributed by atoms with van der Waals surface area (Å²) < 4.78 is 2.25. The van der Waals surface area contributed by atoms with Crippen molar-refractivity contribution >= 4 is 0 Å². The number of rotatable bonds is 1. The van der Waals surface area contributed by atoms with Crippen molar-refractivity contribution in [1.29, 1.82) is 0 Å². The first-order chi connectivity index (χ1) is 12.2. The van der Waals surface area contributed by atoms with Gasteiger partial charge in [-0.2, -0.15) is 0 Å². The maximum Gasteiger partial charge on any atom is 0.131 e. The highest BCUT2D eigenvalue weighted by atomic mass is 15.1. The summed E-state index contributed by atoms with van der Waals surface area (Å²) in [5.41, 5.74) is 7.04. The summed E-state index contributed by atoms with van der Waals surface area (Å²) in [6, 6.07) is 15.1. The van der Waals surface area contributed by atoms with Gasteiger partial charge in [0.1, 0.15) is 11.5 Å². The molecule has 124 valence electrons. The molecular weight excluding hydrogens is 304 g/mol. The summed E-state index contributed by atoms with van der Waals surface area (Å²) in [5, 5.41) is 0. The summed E-state index contributed by atoms with van der Waals surface area (Å²) in [7, 11) is 0. The van der Waals surface area contributed by atoms with Gasteiger partial charge in [-0.25, -0.2) is 4.98 Å². The molecular formula is C23H22N2. The van der Waals surface area contributed by atoms with Crippen LogP contribution in [0.2, 0.25) is 0 Å². The van der Waals surface area contributed by atoms with Crippen molar-refractivity contribution in [3.63, 3.8) is 0 Å². The highest BCUT2D eigenvalue weighted by molar-refractivity contribution is 5.65. The van der Waals surface area contributed by atoms with Crippen molar-refractivity contribution in [3.05, 3.63) is 76.9 Å². The van der Waals surface area contributed by atoms with Crippen LogP contribution in [0.4, 0.5) is 0 Å². The van der Waals surface area contributed by atoms with Crippen molar-refractivity contribution in [2.45, 2.75) is 39.7 Å². The molecule has 0 radical (unpaired) electrons. The topological polar surface area (TPSA) is 17.8 Å². The highest BCUT2D eigenvalue weighted by Crippen LogP contribution is 2.22. The largest absolute Gasteiger partial charge is 0.334 e. The normalized spacial score (nSPS) is 13.0. The van der Waals surface area contributed by atoms with Gasteiger partial charge in [0.15, 0.2) is 0 Å². The SMILES string of the molecule is Cc1ccc(-c2ccc(C#Cc3cn4c(n3)CCCC4)cc2)cc1C. The Kier molecular flexibility index (Phi) is 4.15. The van der Waals surface area contributed by atoms with Gasteiger partial charge >= 0.3 is 0 Å². The van der Waals surface area contributed by atoms with Crippen LogP contribution in [0.5, 0.6) is 0 Å². The van der Waals surface area contributed by atoms with E-state index in [1.165, 1.54) is 40.9 Å². The summed E-state index contributed by atoms with van der Waals surface area (Å²) >= 11 is 0. The number of imidazole rings is 1. The van der Waals surface area contributed by atoms with E-state index < -0.39 is 0 Å². The lowest BCUT2D eigenvalue weighted by molar-refractivity contribution is 0.522. The number of aryl methyl sites for hydroxylation is 4. The molecule has 2 heteroatoms. The Morgan fingerprint density at radius 3 is 2.44 bits per heavy atom. The summed E-state index contributed by atoms with van der Waals surface area (Å²) in [5.74, 6) is 7.64. The van der Waals surface area contributed by atoms with E-state index in [0.29, 0.717) is 0 Å². The van der Waals surface area contributed by atoms with Gasteiger partial charge in [-0.1, -0.05) is 36.3 Å². The average Bonchev–Trinajstić information content (AvgIpc) is 3.06. The van der Waals surface area contributed by atoms with Gasteiger partial charge in [0.05, 0.1) is 0 Å². The third kappa shape index (κ3) is 3.37. The second-order valence-electron chi connectivity index (χ2n) is 6.82. The molecule has 0 unspecified atom stereocenters. The van der Waals surface area contributed by atoms with E-state index in [9.17, 15) is 0 Å². The molecule has 0 saturated heterocycles. The van der Waals surface area contributed by atoms with Crippen LogP contribution in [0.25, 0.3) is 11.1 Å². The zero-order valence-corrected chi connectivity index (χ0v) is 14.8. The average molecular weight is 326 g/mol. The van der Waals surface area contributed by atoms with Gasteiger partial charge < -0.3 is 4.57 Å². The smallest absolute Gasteiger partial charge is 0.131 e. The minimum atomic E-state index is 0.884. The summed E-state index contributed by atoms with van der Waals surface area (Å²) in [4.78, 5) is 4.64. The van der Waals surface area contributed by atoms with E-state index in [1.54, 1.807) is 0 Å². The zero-order chi connectivity index (χ0) is 17.2. The van der Waals surface area contributed by atoms with Gasteiger partial charge in [0.2, 0.25) is 0 Å². The molecule has 0 fully saturated rings. The number of hydrogen-bond acceptors (Lipinski definition) is 1. The van der Waals surface area contributed by atoms with E-state index in [2.05, 4.69) is 83.9 Å². The number of fused-ring (bicyclic) bond motifs is 1. The third-order valence-electron chi connectivity index (χ3n) is 4.97. The molecule has 0 atom stereocenters. The summed E-state index contributed by atoms with van der Waals surface area (Å²) in [6.07, 6.45) is 5.65. The third-order valence-corrected chi connectivity index (χ3v) is 4.97. The molecule has 1 aliphatic rings. The Labute approximate surface area is 149 Å². The van der Waals surface area contributed by atoms with Crippen LogP contribution in [0.1, 0.15) is 41.1 Å². The van der Waals surface area contributed by atoms with E-state index in [0.717, 1.165) is 24.2 Å². The number of aromatic nitrogens is 2. The van der Waals surface area contributed by atoms with E-state index >= 15 is 0 Å². The van der Waals surface area contributed by atoms with Crippen molar-refractivity contribution in [2.24, 2.45) is 0 Å². The monoisotopic (exact) mass is 326 g/mol. The molecule has 25 heavy (non-hydrogen) atoms. The lowest BCUT2D eigenvalue weighted by Crippen LogP contribution is -2.08. The number of hydrogen-bond donors (Lipinski definition) is 0. The van der Waals surface area contributed by atoms with E-state index in [4.69, 9.17) is 0 Å². The lowest BCUT2D eigenvalue weighted by Gasteiger charge is -2.11. The van der Waals surface area contributed by atoms with Crippen LogP contribution >= 0.6 is 0 Å². The van der Waals surface area contributed by atoms with Crippen LogP contribution in [-0.4, -0.2) is 9.55 Å². The van der Waals surface area contributed by atoms with Crippen molar-refractivity contribution < 1.29 is 0 Å². The minimum Gasteiger partial charge on any atom is -0.334 e. The maximum atomic E-state index is 4.64. The van der Waals surface area contributed by atoms with Crippen LogP contribution in [0, 0.1) is 25.7 Å². The van der Waals surface area contributed by atoms with Crippen LogP contribution in [0.3, 0.4) is 0 Å². The molecule has 0 spiro atoms. The standard InChI is InChI=1S/C23H22N2/c1-17-6-10-21(15-18(17)2)20-11-7-19(8-12-20)9-13-22-16-25-14-4-3-5-23(25)24-22/h6-8,10-12,15-16H,3-5,14H2,1-2H3. The van der Waals surface area contributed by atoms with Crippen LogP contribution in [-0.2, 0) is 13.0 Å². The Balaban J connectivity index is 1.55. The Hall–Kier alpha value is -2.79. The molecule has 0 bridgehead atoms. The zero-order valence-electron chi connectivity index (χ0n) is 14.8. The first-order valence-electron chi connectivity index (χ1n) is 8.95. The minimum absolute atomic E-state index is 0.884. The van der Waals surface area contributed by atoms with Crippen molar-refractivity contribution in [3.8, 4) is 23.0 Å². The lowest BCUT2D eigenvalue weighted by atomic mass is 10.00. The van der Waals surface area contributed by atoms with E-state index in [1.807, 2.05) is 0 Å². The molecule has 2 aromatic carbocycles. The van der Waals surface area contributed by atoms with Crippen molar-refractivity contribution in [1.82, 2.24) is 9.55 Å². The van der Waals surface area contributed by atoms with Crippen LogP contribution in [0.15, 0.2) is 48.7 Å². The van der Waals surface area contributed by atoms with Gasteiger partial charge in [-0.3, -0.25) is 0 Å². The molecule has 4 rings (SSSR count). The molecule has 1 aliphatic heterocycles. The highest BCUT2D eigenvalue weighted by Gasteiger charge is 2.10. The Morgan fingerprint density at radius 2 is 1.68 bits per heavy atom. The number of benzene rings is 2. The number of nitrogens with zero attached hydrogens (tertiary/aromatic N) is 2. The fraction of sp³-hybridized carbons (Fsp3) is 0.261. The first-order valence-corrected chi connectivity index (χ1v) is 8.95. The predicted octanol–water partition coefficient (Wildman–Crippen LogP) is 4.90. The molecule has 0 N–H and O–H groups in total. The second kappa shape index (κ2) is 6.61. The van der Waals surface area contributed by atoms with Gasteiger partial charge in [0, 0.05) is 24.7 Å². The van der Waals surface area contributed by atoms with E-state index in [-0.39, 0.29) is 0 Å². The molecule has 1 aromatic heterocycles. The van der Waals surface area contributed by atoms with Crippen molar-refractivity contribution in [2.75, 3.05) is 0 Å². The fourth-order valence-corrected chi connectivity index (χ4v) is 3.28. The Bertz CT molecular complexity index is 942. The maximum absolute atomic E-state index is 4.64. The van der Waals surface area contributed by atoms with Gasteiger partial charge in [-0.15, -0.1) is 0 Å².